The number of aryl methyl sites for hydroxylation is 2. The zero-order chi connectivity index (χ0) is 22.1. The minimum Gasteiger partial charge on any atom is -0.493 e. The van der Waals surface area contributed by atoms with E-state index in [2.05, 4.69) is 12.2 Å². The Morgan fingerprint density at radius 1 is 1.13 bits per heavy atom. The van der Waals surface area contributed by atoms with E-state index < -0.39 is 16.1 Å². The lowest BCUT2D eigenvalue weighted by molar-refractivity contribution is -0.121. The number of nitrogens with zero attached hydrogens (tertiary/aromatic N) is 1. The number of sulfonamides is 1. The molecule has 0 fully saturated rings. The summed E-state index contributed by atoms with van der Waals surface area (Å²) in [5.74, 6) is 0.554. The zero-order valence-electron chi connectivity index (χ0n) is 18.2. The summed E-state index contributed by atoms with van der Waals surface area (Å²) < 4.78 is 31.6. The van der Waals surface area contributed by atoms with Gasteiger partial charge in [-0.15, -0.1) is 0 Å². The fraction of sp³-hybridized carbons (Fsp3) is 0.435. The van der Waals surface area contributed by atoms with E-state index in [0.29, 0.717) is 18.8 Å². The maximum atomic E-state index is 12.6. The summed E-state index contributed by atoms with van der Waals surface area (Å²) >= 11 is 0. The lowest BCUT2D eigenvalue weighted by atomic mass is 10.1. The van der Waals surface area contributed by atoms with Gasteiger partial charge in [0.25, 0.3) is 0 Å². The fourth-order valence-electron chi connectivity index (χ4n) is 3.20. The summed E-state index contributed by atoms with van der Waals surface area (Å²) in [6, 6.07) is 14.1. The first kappa shape index (κ1) is 23.7. The van der Waals surface area contributed by atoms with E-state index in [9.17, 15) is 13.2 Å². The van der Waals surface area contributed by atoms with Crippen molar-refractivity contribution in [3.8, 4) is 5.75 Å². The second-order valence-electron chi connectivity index (χ2n) is 7.42. The van der Waals surface area contributed by atoms with Gasteiger partial charge in [0.05, 0.1) is 18.6 Å². The summed E-state index contributed by atoms with van der Waals surface area (Å²) in [5.41, 5.74) is 2.60. The van der Waals surface area contributed by atoms with Crippen molar-refractivity contribution < 1.29 is 17.9 Å². The summed E-state index contributed by atoms with van der Waals surface area (Å²) in [6.07, 6.45) is 3.56. The van der Waals surface area contributed by atoms with E-state index in [1.165, 1.54) is 0 Å². The smallest absolute Gasteiger partial charge is 0.243 e. The molecule has 0 heterocycles. The molecule has 164 valence electrons. The molecule has 2 rings (SSSR count). The summed E-state index contributed by atoms with van der Waals surface area (Å²) in [7, 11) is -3.61. The van der Waals surface area contributed by atoms with Crippen molar-refractivity contribution in [3.05, 3.63) is 59.7 Å². The highest BCUT2D eigenvalue weighted by molar-refractivity contribution is 7.92. The molecule has 1 unspecified atom stereocenters. The third kappa shape index (κ3) is 6.76. The van der Waals surface area contributed by atoms with Gasteiger partial charge >= 0.3 is 0 Å². The second-order valence-corrected chi connectivity index (χ2v) is 9.28. The molecule has 6 nitrogen and oxygen atoms in total. The van der Waals surface area contributed by atoms with Gasteiger partial charge in [0.15, 0.2) is 0 Å². The Hall–Kier alpha value is -2.54. The van der Waals surface area contributed by atoms with Crippen LogP contribution in [0.15, 0.2) is 48.5 Å². The molecule has 0 saturated heterocycles. The maximum Gasteiger partial charge on any atom is 0.243 e. The van der Waals surface area contributed by atoms with Crippen LogP contribution in [0.5, 0.6) is 5.75 Å². The molecule has 1 atom stereocenters. The second kappa shape index (κ2) is 11.0. The fourth-order valence-corrected chi connectivity index (χ4v) is 4.38. The molecule has 0 aliphatic heterocycles. The van der Waals surface area contributed by atoms with E-state index >= 15 is 0 Å². The van der Waals surface area contributed by atoms with Gasteiger partial charge in [-0.2, -0.15) is 0 Å². The van der Waals surface area contributed by atoms with Gasteiger partial charge in [0.2, 0.25) is 15.9 Å². The standard InChI is InChI=1S/C23H32N2O4S/c1-5-17-29-22-11-7-6-9-20(22)10-8-16-24-23(26)19(3)25(30(4,27)28)21-14-12-18(2)13-15-21/h6-7,9,11-15,19H,5,8,10,16-17H2,1-4H3,(H,24,26). The van der Waals surface area contributed by atoms with Gasteiger partial charge < -0.3 is 10.1 Å². The maximum absolute atomic E-state index is 12.6. The first-order valence-corrected chi connectivity index (χ1v) is 12.1. The van der Waals surface area contributed by atoms with Crippen molar-refractivity contribution in [1.82, 2.24) is 5.32 Å². The van der Waals surface area contributed by atoms with E-state index in [0.717, 1.165) is 46.7 Å². The number of anilines is 1. The van der Waals surface area contributed by atoms with Gasteiger partial charge in [-0.3, -0.25) is 9.10 Å². The van der Waals surface area contributed by atoms with Crippen molar-refractivity contribution in [2.45, 2.75) is 46.1 Å². The van der Waals surface area contributed by atoms with Crippen LogP contribution in [-0.2, 0) is 21.2 Å². The third-order valence-electron chi connectivity index (χ3n) is 4.73. The number of carbonyl (C=O) groups is 1. The van der Waals surface area contributed by atoms with Crippen LogP contribution in [0.25, 0.3) is 0 Å². The Morgan fingerprint density at radius 3 is 2.43 bits per heavy atom. The minimum atomic E-state index is -3.61. The summed E-state index contributed by atoms with van der Waals surface area (Å²) in [5, 5.41) is 2.86. The number of benzene rings is 2. The Kier molecular flexibility index (Phi) is 8.72. The van der Waals surface area contributed by atoms with E-state index in [-0.39, 0.29) is 5.91 Å². The lowest BCUT2D eigenvalue weighted by Gasteiger charge is -2.28. The van der Waals surface area contributed by atoms with Crippen molar-refractivity contribution in [2.75, 3.05) is 23.7 Å². The molecule has 0 bridgehead atoms. The van der Waals surface area contributed by atoms with E-state index in [1.54, 1.807) is 19.1 Å². The largest absolute Gasteiger partial charge is 0.493 e. The Balaban J connectivity index is 1.96. The van der Waals surface area contributed by atoms with Gasteiger partial charge in [0, 0.05) is 6.54 Å². The van der Waals surface area contributed by atoms with Crippen molar-refractivity contribution in [1.29, 1.82) is 0 Å². The number of para-hydroxylation sites is 1. The molecule has 1 amide bonds. The highest BCUT2D eigenvalue weighted by Gasteiger charge is 2.28. The Bertz CT molecular complexity index is 926. The van der Waals surface area contributed by atoms with Gasteiger partial charge in [-0.25, -0.2) is 8.42 Å². The number of hydrogen-bond acceptors (Lipinski definition) is 4. The predicted octanol–water partition coefficient (Wildman–Crippen LogP) is 3.69. The van der Waals surface area contributed by atoms with Crippen LogP contribution < -0.4 is 14.4 Å². The number of ether oxygens (including phenoxy) is 1. The van der Waals surface area contributed by atoms with Crippen LogP contribution in [-0.4, -0.2) is 39.8 Å². The Labute approximate surface area is 180 Å². The monoisotopic (exact) mass is 432 g/mol. The topological polar surface area (TPSA) is 75.7 Å². The normalized spacial score (nSPS) is 12.3. The van der Waals surface area contributed by atoms with Crippen molar-refractivity contribution in [3.63, 3.8) is 0 Å². The number of amides is 1. The van der Waals surface area contributed by atoms with Gasteiger partial charge in [0.1, 0.15) is 11.8 Å². The third-order valence-corrected chi connectivity index (χ3v) is 5.98. The molecular weight excluding hydrogens is 400 g/mol. The molecular formula is C23H32N2O4S. The van der Waals surface area contributed by atoms with Gasteiger partial charge in [-0.05, 0) is 56.9 Å². The first-order valence-electron chi connectivity index (χ1n) is 10.3. The zero-order valence-corrected chi connectivity index (χ0v) is 19.0. The Morgan fingerprint density at radius 2 is 1.80 bits per heavy atom. The van der Waals surface area contributed by atoms with Gasteiger partial charge in [-0.1, -0.05) is 42.8 Å². The summed E-state index contributed by atoms with van der Waals surface area (Å²) in [4.78, 5) is 12.6. The summed E-state index contributed by atoms with van der Waals surface area (Å²) in [6.45, 7) is 6.72. The van der Waals surface area contributed by atoms with Crippen LogP contribution in [0.3, 0.4) is 0 Å². The lowest BCUT2D eigenvalue weighted by Crippen LogP contribution is -2.48. The molecule has 7 heteroatoms. The van der Waals surface area contributed by atoms with Crippen molar-refractivity contribution in [2.24, 2.45) is 0 Å². The van der Waals surface area contributed by atoms with E-state index in [4.69, 9.17) is 4.74 Å². The minimum absolute atomic E-state index is 0.323. The average Bonchev–Trinajstić information content (AvgIpc) is 2.70. The molecule has 0 saturated carbocycles. The number of rotatable bonds is 11. The predicted molar refractivity (Wildman–Crippen MR) is 122 cm³/mol. The van der Waals surface area contributed by atoms with Crippen LogP contribution in [0.1, 0.15) is 37.8 Å². The van der Waals surface area contributed by atoms with Crippen LogP contribution in [0, 0.1) is 6.92 Å². The molecule has 30 heavy (non-hydrogen) atoms. The highest BCUT2D eigenvalue weighted by Crippen LogP contribution is 2.22. The van der Waals surface area contributed by atoms with Crippen LogP contribution >= 0.6 is 0 Å². The SMILES string of the molecule is CCCOc1ccccc1CCCNC(=O)C(C)N(c1ccc(C)cc1)S(C)(=O)=O. The average molecular weight is 433 g/mol. The number of hydrogen-bond donors (Lipinski definition) is 1. The molecule has 0 radical (unpaired) electrons. The van der Waals surface area contributed by atoms with Crippen LogP contribution in [0.4, 0.5) is 5.69 Å². The molecule has 2 aromatic carbocycles. The number of nitrogens with one attached hydrogen (secondary N) is 1. The molecule has 0 aliphatic rings. The molecule has 0 aromatic heterocycles. The molecule has 0 spiro atoms. The molecule has 2 aromatic rings. The first-order chi connectivity index (χ1) is 14.2. The molecule has 0 aliphatic carbocycles. The quantitative estimate of drug-likeness (QED) is 0.550. The number of carbonyl (C=O) groups excluding carboxylic acids is 1. The van der Waals surface area contributed by atoms with Crippen LogP contribution in [0.2, 0.25) is 0 Å². The highest BCUT2D eigenvalue weighted by atomic mass is 32.2. The van der Waals surface area contributed by atoms with Crippen molar-refractivity contribution >= 4 is 21.6 Å². The molecule has 1 N–H and O–H groups in total. The van der Waals surface area contributed by atoms with E-state index in [1.807, 2.05) is 43.3 Å².